The van der Waals surface area contributed by atoms with Crippen LogP contribution < -0.4 is 16.0 Å². The molecule has 3 N–H and O–H groups in total. The Bertz CT molecular complexity index is 722. The Morgan fingerprint density at radius 1 is 1.21 bits per heavy atom. The van der Waals surface area contributed by atoms with E-state index in [0.717, 1.165) is 29.4 Å². The third-order valence-electron chi connectivity index (χ3n) is 3.67. The Balaban J connectivity index is 1.54. The van der Waals surface area contributed by atoms with Gasteiger partial charge in [-0.1, -0.05) is 12.1 Å². The molecule has 0 bridgehead atoms. The fourth-order valence-electron chi connectivity index (χ4n) is 2.27. The van der Waals surface area contributed by atoms with Crippen LogP contribution in [-0.4, -0.2) is 29.9 Å². The summed E-state index contributed by atoms with van der Waals surface area (Å²) in [5.41, 5.74) is 2.49. The third-order valence-corrected chi connectivity index (χ3v) is 4.42. The Labute approximate surface area is 144 Å². The molecule has 6 nitrogen and oxygen atoms in total. The molecular weight excluding hydrogens is 324 g/mol. The number of carbonyl (C=O) groups is 2. The SMILES string of the molecule is CC(=O)Nc1ccc(-c2csc(NC(=O)CNCC3CC3)n2)cc1. The van der Waals surface area contributed by atoms with Gasteiger partial charge < -0.3 is 16.0 Å². The van der Waals surface area contributed by atoms with E-state index in [9.17, 15) is 9.59 Å². The van der Waals surface area contributed by atoms with Crippen molar-refractivity contribution >= 4 is 34.0 Å². The molecule has 0 aliphatic heterocycles. The number of hydrogen-bond acceptors (Lipinski definition) is 5. The molecule has 126 valence electrons. The van der Waals surface area contributed by atoms with E-state index >= 15 is 0 Å². The second-order valence-electron chi connectivity index (χ2n) is 5.92. The second kappa shape index (κ2) is 7.55. The normalized spacial score (nSPS) is 13.5. The highest BCUT2D eigenvalue weighted by molar-refractivity contribution is 7.14. The molecule has 3 rings (SSSR count). The first kappa shape index (κ1) is 16.6. The number of anilines is 2. The van der Waals surface area contributed by atoms with E-state index < -0.39 is 0 Å². The van der Waals surface area contributed by atoms with Crippen LogP contribution in [0.2, 0.25) is 0 Å². The molecule has 1 heterocycles. The summed E-state index contributed by atoms with van der Waals surface area (Å²) >= 11 is 1.40. The highest BCUT2D eigenvalue weighted by Crippen LogP contribution is 2.27. The van der Waals surface area contributed by atoms with Gasteiger partial charge >= 0.3 is 0 Å². The quantitative estimate of drug-likeness (QED) is 0.721. The lowest BCUT2D eigenvalue weighted by atomic mass is 10.1. The zero-order valence-corrected chi connectivity index (χ0v) is 14.3. The molecule has 0 saturated heterocycles. The van der Waals surface area contributed by atoms with Gasteiger partial charge in [-0.05, 0) is 37.4 Å². The lowest BCUT2D eigenvalue weighted by Gasteiger charge is -2.04. The van der Waals surface area contributed by atoms with Crippen molar-refractivity contribution in [3.05, 3.63) is 29.6 Å². The number of rotatable bonds is 7. The van der Waals surface area contributed by atoms with Crippen molar-refractivity contribution < 1.29 is 9.59 Å². The number of benzene rings is 1. The summed E-state index contributed by atoms with van der Waals surface area (Å²) in [5.74, 6) is 0.582. The monoisotopic (exact) mass is 344 g/mol. The molecule has 7 heteroatoms. The Kier molecular flexibility index (Phi) is 5.22. The number of thiazole rings is 1. The van der Waals surface area contributed by atoms with Crippen LogP contribution in [0, 0.1) is 5.92 Å². The lowest BCUT2D eigenvalue weighted by Crippen LogP contribution is -2.29. The fraction of sp³-hybridized carbons (Fsp3) is 0.353. The van der Waals surface area contributed by atoms with Crippen LogP contribution in [0.3, 0.4) is 0 Å². The molecule has 24 heavy (non-hydrogen) atoms. The van der Waals surface area contributed by atoms with Gasteiger partial charge in [0.2, 0.25) is 11.8 Å². The van der Waals surface area contributed by atoms with Gasteiger partial charge in [-0.2, -0.15) is 0 Å². The van der Waals surface area contributed by atoms with Crippen LogP contribution in [0.1, 0.15) is 19.8 Å². The summed E-state index contributed by atoms with van der Waals surface area (Å²) < 4.78 is 0. The number of nitrogens with zero attached hydrogens (tertiary/aromatic N) is 1. The van der Waals surface area contributed by atoms with Gasteiger partial charge in [-0.25, -0.2) is 4.98 Å². The predicted octanol–water partition coefficient (Wildman–Crippen LogP) is 2.71. The summed E-state index contributed by atoms with van der Waals surface area (Å²) in [6, 6.07) is 7.44. The Morgan fingerprint density at radius 2 is 1.96 bits per heavy atom. The van der Waals surface area contributed by atoms with Gasteiger partial charge in [0.15, 0.2) is 5.13 Å². The first-order valence-electron chi connectivity index (χ1n) is 7.94. The Hall–Kier alpha value is -2.25. The molecule has 1 fully saturated rings. The lowest BCUT2D eigenvalue weighted by molar-refractivity contribution is -0.115. The minimum atomic E-state index is -0.100. The maximum Gasteiger partial charge on any atom is 0.240 e. The molecule has 1 aromatic heterocycles. The van der Waals surface area contributed by atoms with Crippen LogP contribution in [0.4, 0.5) is 10.8 Å². The van der Waals surface area contributed by atoms with Gasteiger partial charge in [-0.3, -0.25) is 9.59 Å². The van der Waals surface area contributed by atoms with Crippen LogP contribution >= 0.6 is 11.3 Å². The zero-order valence-electron chi connectivity index (χ0n) is 13.5. The van der Waals surface area contributed by atoms with Crippen molar-refractivity contribution in [1.82, 2.24) is 10.3 Å². The number of aromatic nitrogens is 1. The molecule has 0 radical (unpaired) electrons. The third kappa shape index (κ3) is 4.87. The fourth-order valence-corrected chi connectivity index (χ4v) is 3.00. The molecule has 2 amide bonds. The van der Waals surface area contributed by atoms with E-state index in [1.807, 2.05) is 29.6 Å². The van der Waals surface area contributed by atoms with Crippen LogP contribution in [0.25, 0.3) is 11.3 Å². The minimum Gasteiger partial charge on any atom is -0.326 e. The van der Waals surface area contributed by atoms with Crippen molar-refractivity contribution in [2.75, 3.05) is 23.7 Å². The molecule has 0 unspecified atom stereocenters. The average molecular weight is 344 g/mol. The maximum atomic E-state index is 11.9. The van der Waals surface area contributed by atoms with E-state index in [1.165, 1.54) is 31.1 Å². The van der Waals surface area contributed by atoms with Gasteiger partial charge in [0.1, 0.15) is 0 Å². The van der Waals surface area contributed by atoms with Crippen molar-refractivity contribution in [2.24, 2.45) is 5.92 Å². The van der Waals surface area contributed by atoms with Gasteiger partial charge in [-0.15, -0.1) is 11.3 Å². The van der Waals surface area contributed by atoms with Gasteiger partial charge in [0.05, 0.1) is 12.2 Å². The second-order valence-corrected chi connectivity index (χ2v) is 6.78. The molecular formula is C17H20N4O2S. The smallest absolute Gasteiger partial charge is 0.240 e. The van der Waals surface area contributed by atoms with Crippen molar-refractivity contribution in [1.29, 1.82) is 0 Å². The van der Waals surface area contributed by atoms with Crippen molar-refractivity contribution in [3.63, 3.8) is 0 Å². The van der Waals surface area contributed by atoms with Crippen molar-refractivity contribution in [2.45, 2.75) is 19.8 Å². The number of hydrogen-bond donors (Lipinski definition) is 3. The number of carbonyl (C=O) groups excluding carboxylic acids is 2. The molecule has 0 spiro atoms. The summed E-state index contributed by atoms with van der Waals surface area (Å²) in [6.45, 7) is 2.71. The predicted molar refractivity (Wildman–Crippen MR) is 96.1 cm³/mol. The molecule has 2 aromatic rings. The largest absolute Gasteiger partial charge is 0.326 e. The van der Waals surface area contributed by atoms with Crippen LogP contribution in [0.15, 0.2) is 29.6 Å². The molecule has 1 saturated carbocycles. The van der Waals surface area contributed by atoms with E-state index in [-0.39, 0.29) is 11.8 Å². The molecule has 1 aromatic carbocycles. The topological polar surface area (TPSA) is 83.1 Å². The molecule has 1 aliphatic carbocycles. The molecule has 1 aliphatic rings. The van der Waals surface area contributed by atoms with Gasteiger partial charge in [0.25, 0.3) is 0 Å². The van der Waals surface area contributed by atoms with Crippen molar-refractivity contribution in [3.8, 4) is 11.3 Å². The van der Waals surface area contributed by atoms with Crippen LogP contribution in [-0.2, 0) is 9.59 Å². The number of amides is 2. The van der Waals surface area contributed by atoms with Gasteiger partial charge in [0, 0.05) is 23.6 Å². The summed E-state index contributed by atoms with van der Waals surface area (Å²) in [4.78, 5) is 27.3. The van der Waals surface area contributed by atoms with E-state index in [2.05, 4.69) is 20.9 Å². The highest BCUT2D eigenvalue weighted by Gasteiger charge is 2.20. The first-order valence-corrected chi connectivity index (χ1v) is 8.82. The van der Waals surface area contributed by atoms with E-state index in [0.29, 0.717) is 11.7 Å². The number of nitrogens with one attached hydrogen (secondary N) is 3. The summed E-state index contributed by atoms with van der Waals surface area (Å²) in [7, 11) is 0. The summed E-state index contributed by atoms with van der Waals surface area (Å²) in [6.07, 6.45) is 2.54. The van der Waals surface area contributed by atoms with E-state index in [1.54, 1.807) is 0 Å². The average Bonchev–Trinajstić information content (AvgIpc) is 3.25. The Morgan fingerprint density at radius 3 is 2.62 bits per heavy atom. The maximum absolute atomic E-state index is 11.9. The highest BCUT2D eigenvalue weighted by atomic mass is 32.1. The first-order chi connectivity index (χ1) is 11.6. The van der Waals surface area contributed by atoms with E-state index in [4.69, 9.17) is 0 Å². The standard InChI is InChI=1S/C17H20N4O2S/c1-11(22)19-14-6-4-13(5-7-14)15-10-24-17(20-15)21-16(23)9-18-8-12-2-3-12/h4-7,10,12,18H,2-3,8-9H2,1H3,(H,19,22)(H,20,21,23). The minimum absolute atomic E-state index is 0.0717. The molecule has 0 atom stereocenters. The summed E-state index contributed by atoms with van der Waals surface area (Å²) in [5, 5.41) is 11.2. The zero-order chi connectivity index (χ0) is 16.9. The van der Waals surface area contributed by atoms with Crippen LogP contribution in [0.5, 0.6) is 0 Å².